The summed E-state index contributed by atoms with van der Waals surface area (Å²) in [5, 5.41) is 0. The van der Waals surface area contributed by atoms with Crippen LogP contribution in [-0.4, -0.2) is 53.2 Å². The van der Waals surface area contributed by atoms with Crippen LogP contribution in [0.15, 0.2) is 30.3 Å². The van der Waals surface area contributed by atoms with Crippen molar-refractivity contribution in [3.05, 3.63) is 35.9 Å². The van der Waals surface area contributed by atoms with Gasteiger partial charge < -0.3 is 14.5 Å². The zero-order valence-electron chi connectivity index (χ0n) is 18.0. The molecule has 3 aliphatic rings. The first-order valence-electron chi connectivity index (χ1n) is 11.1. The molecule has 1 aliphatic heterocycles. The van der Waals surface area contributed by atoms with Crippen LogP contribution < -0.4 is 0 Å². The van der Waals surface area contributed by atoms with Gasteiger partial charge in [-0.3, -0.25) is 0 Å². The van der Waals surface area contributed by atoms with E-state index in [0.29, 0.717) is 12.0 Å². The minimum atomic E-state index is -0.452. The fraction of sp³-hybridized carbons (Fsp3) is 0.708. The first-order valence-corrected chi connectivity index (χ1v) is 11.1. The Labute approximate surface area is 170 Å². The molecule has 28 heavy (non-hydrogen) atoms. The second-order valence-electron chi connectivity index (χ2n) is 10.4. The number of carbonyl (C=O) groups is 1. The molecule has 1 aromatic carbocycles. The number of benzene rings is 1. The van der Waals surface area contributed by atoms with Crippen LogP contribution in [0.4, 0.5) is 4.79 Å². The monoisotopic (exact) mass is 384 g/mol. The second kappa shape index (κ2) is 7.37. The second-order valence-corrected chi connectivity index (χ2v) is 10.4. The molecule has 4 rings (SSSR count). The van der Waals surface area contributed by atoms with Crippen molar-refractivity contribution >= 4 is 6.09 Å². The van der Waals surface area contributed by atoms with Gasteiger partial charge in [-0.15, -0.1) is 0 Å². The molecule has 0 bridgehead atoms. The first kappa shape index (κ1) is 19.8. The Kier molecular flexibility index (Phi) is 5.20. The molecule has 0 radical (unpaired) electrons. The van der Waals surface area contributed by atoms with Crippen molar-refractivity contribution in [3.8, 4) is 0 Å². The maximum Gasteiger partial charge on any atom is 0.410 e. The number of ether oxygens (including phenoxy) is 1. The molecule has 0 aromatic heterocycles. The lowest BCUT2D eigenvalue weighted by atomic mass is 10.0. The summed E-state index contributed by atoms with van der Waals surface area (Å²) < 4.78 is 5.82. The Bertz CT molecular complexity index is 692. The van der Waals surface area contributed by atoms with Crippen molar-refractivity contribution in [2.24, 2.45) is 5.41 Å². The van der Waals surface area contributed by atoms with Gasteiger partial charge in [0.05, 0.1) is 0 Å². The van der Waals surface area contributed by atoms with Gasteiger partial charge in [0, 0.05) is 36.5 Å². The molecule has 4 nitrogen and oxygen atoms in total. The van der Waals surface area contributed by atoms with Crippen molar-refractivity contribution < 1.29 is 9.53 Å². The molecule has 154 valence electrons. The van der Waals surface area contributed by atoms with Gasteiger partial charge in [-0.1, -0.05) is 30.3 Å². The smallest absolute Gasteiger partial charge is 0.410 e. The molecule has 1 saturated heterocycles. The summed E-state index contributed by atoms with van der Waals surface area (Å²) in [6, 6.07) is 11.6. The van der Waals surface area contributed by atoms with E-state index < -0.39 is 5.60 Å². The summed E-state index contributed by atoms with van der Waals surface area (Å²) in [4.78, 5) is 17.8. The molecule has 1 amide bonds. The van der Waals surface area contributed by atoms with Crippen LogP contribution in [-0.2, 0) is 4.74 Å². The van der Waals surface area contributed by atoms with Crippen LogP contribution in [0.1, 0.15) is 71.3 Å². The molecule has 2 saturated carbocycles. The number of hydrogen-bond donors (Lipinski definition) is 0. The number of carbonyl (C=O) groups excluding carboxylic acids is 1. The SMILES string of the molecule is C[C@@H]1CCCN1CC1(CN(C(=O)OC(C)(C)C)C2C[C@@H]2c2ccccc2)CC1. The molecule has 4 heteroatoms. The Balaban J connectivity index is 1.47. The summed E-state index contributed by atoms with van der Waals surface area (Å²) >= 11 is 0. The topological polar surface area (TPSA) is 32.8 Å². The zero-order valence-corrected chi connectivity index (χ0v) is 18.0. The summed E-state index contributed by atoms with van der Waals surface area (Å²) in [6.07, 6.45) is 6.02. The van der Waals surface area contributed by atoms with Gasteiger partial charge in [0.2, 0.25) is 0 Å². The number of nitrogens with zero attached hydrogens (tertiary/aromatic N) is 2. The standard InChI is InChI=1S/C24H36N2O2/c1-18-9-8-14-25(18)16-24(12-13-24)17-26(22(27)28-23(2,3)4)21-15-20(21)19-10-6-5-7-11-19/h5-7,10-11,18,20-21H,8-9,12-17H2,1-4H3/t18-,20-,21?/m1/s1. The van der Waals surface area contributed by atoms with Gasteiger partial charge >= 0.3 is 6.09 Å². The third-order valence-electron chi connectivity index (χ3n) is 6.70. The third kappa shape index (κ3) is 4.53. The highest BCUT2D eigenvalue weighted by atomic mass is 16.6. The Morgan fingerprint density at radius 1 is 1.25 bits per heavy atom. The van der Waals surface area contributed by atoms with E-state index in [-0.39, 0.29) is 17.6 Å². The van der Waals surface area contributed by atoms with Crippen LogP contribution in [0.5, 0.6) is 0 Å². The van der Waals surface area contributed by atoms with Gasteiger partial charge in [0.25, 0.3) is 0 Å². The lowest BCUT2D eigenvalue weighted by Gasteiger charge is -2.33. The van der Waals surface area contributed by atoms with Crippen LogP contribution in [0, 0.1) is 5.41 Å². The average molecular weight is 385 g/mol. The molecule has 0 spiro atoms. The average Bonchev–Trinajstić information content (AvgIpc) is 3.53. The maximum atomic E-state index is 13.1. The molecule has 0 N–H and O–H groups in total. The van der Waals surface area contributed by atoms with E-state index in [1.807, 2.05) is 20.8 Å². The normalized spacial score (nSPS) is 28.8. The summed E-state index contributed by atoms with van der Waals surface area (Å²) in [7, 11) is 0. The van der Waals surface area contributed by atoms with Gasteiger partial charge in [-0.2, -0.15) is 0 Å². The highest BCUT2D eigenvalue weighted by Gasteiger charge is 2.52. The quantitative estimate of drug-likeness (QED) is 0.688. The predicted molar refractivity (Wildman–Crippen MR) is 112 cm³/mol. The molecular weight excluding hydrogens is 348 g/mol. The minimum absolute atomic E-state index is 0.128. The zero-order chi connectivity index (χ0) is 19.9. The number of likely N-dealkylation sites (tertiary alicyclic amines) is 1. The Morgan fingerprint density at radius 2 is 1.96 bits per heavy atom. The van der Waals surface area contributed by atoms with E-state index in [2.05, 4.69) is 47.1 Å². The van der Waals surface area contributed by atoms with Gasteiger partial charge in [-0.05, 0) is 71.9 Å². The summed E-state index contributed by atoms with van der Waals surface area (Å²) in [5.41, 5.74) is 1.17. The summed E-state index contributed by atoms with van der Waals surface area (Å²) in [5.74, 6) is 0.454. The Morgan fingerprint density at radius 3 is 2.54 bits per heavy atom. The van der Waals surface area contributed by atoms with E-state index in [1.54, 1.807) is 0 Å². The van der Waals surface area contributed by atoms with Gasteiger partial charge in [-0.25, -0.2) is 4.79 Å². The van der Waals surface area contributed by atoms with Gasteiger partial charge in [0.1, 0.15) is 5.60 Å². The Hall–Kier alpha value is -1.55. The fourth-order valence-corrected chi connectivity index (χ4v) is 4.79. The fourth-order valence-electron chi connectivity index (χ4n) is 4.79. The highest BCUT2D eigenvalue weighted by molar-refractivity contribution is 5.69. The van der Waals surface area contributed by atoms with E-state index >= 15 is 0 Å². The van der Waals surface area contributed by atoms with E-state index in [0.717, 1.165) is 19.5 Å². The maximum absolute atomic E-state index is 13.1. The highest BCUT2D eigenvalue weighted by Crippen LogP contribution is 2.52. The van der Waals surface area contributed by atoms with Crippen molar-refractivity contribution in [1.29, 1.82) is 0 Å². The van der Waals surface area contributed by atoms with Crippen molar-refractivity contribution in [2.75, 3.05) is 19.6 Å². The van der Waals surface area contributed by atoms with Crippen molar-refractivity contribution in [2.45, 2.75) is 83.4 Å². The molecule has 1 heterocycles. The number of hydrogen-bond acceptors (Lipinski definition) is 3. The van der Waals surface area contributed by atoms with E-state index in [1.165, 1.54) is 37.8 Å². The molecule has 2 aliphatic carbocycles. The van der Waals surface area contributed by atoms with Gasteiger partial charge in [0.15, 0.2) is 0 Å². The lowest BCUT2D eigenvalue weighted by Crippen LogP contribution is -2.45. The van der Waals surface area contributed by atoms with Crippen LogP contribution in [0.3, 0.4) is 0 Å². The largest absolute Gasteiger partial charge is 0.444 e. The molecule has 3 fully saturated rings. The van der Waals surface area contributed by atoms with Crippen molar-refractivity contribution in [1.82, 2.24) is 9.80 Å². The summed E-state index contributed by atoms with van der Waals surface area (Å²) in [6.45, 7) is 11.4. The molecule has 1 aromatic rings. The van der Waals surface area contributed by atoms with Crippen LogP contribution in [0.2, 0.25) is 0 Å². The van der Waals surface area contributed by atoms with Crippen LogP contribution >= 0.6 is 0 Å². The predicted octanol–water partition coefficient (Wildman–Crippen LogP) is 5.04. The van der Waals surface area contributed by atoms with E-state index in [4.69, 9.17) is 4.74 Å². The molecule has 1 unspecified atom stereocenters. The number of rotatable bonds is 6. The van der Waals surface area contributed by atoms with Crippen molar-refractivity contribution in [3.63, 3.8) is 0 Å². The third-order valence-corrected chi connectivity index (χ3v) is 6.70. The molecule has 3 atom stereocenters. The molecular formula is C24H36N2O2. The number of amides is 1. The lowest BCUT2D eigenvalue weighted by molar-refractivity contribution is 0.0170. The van der Waals surface area contributed by atoms with Crippen LogP contribution in [0.25, 0.3) is 0 Å². The first-order chi connectivity index (χ1) is 13.3. The minimum Gasteiger partial charge on any atom is -0.444 e. The van der Waals surface area contributed by atoms with E-state index in [9.17, 15) is 4.79 Å².